The molecule has 2 N–H and O–H groups in total. The molecule has 0 saturated carbocycles. The fraction of sp³-hybridized carbons (Fsp3) is 0.0556. The molecule has 0 atom stereocenters. The fourth-order valence-corrected chi connectivity index (χ4v) is 2.75. The number of hydrazine groups is 1. The fourth-order valence-electron chi connectivity index (χ4n) is 2.37. The molecule has 3 rings (SSSR count). The lowest BCUT2D eigenvalue weighted by atomic mass is 10.1. The van der Waals surface area contributed by atoms with Gasteiger partial charge in [-0.1, -0.05) is 34.1 Å². The number of para-hydroxylation sites is 1. The first kappa shape index (κ1) is 17.7. The maximum absolute atomic E-state index is 12.6. The molecule has 1 saturated heterocycles. The Labute approximate surface area is 157 Å². The molecule has 1 fully saturated rings. The molecule has 26 heavy (non-hydrogen) atoms. The summed E-state index contributed by atoms with van der Waals surface area (Å²) in [6.07, 6.45) is 1.38. The number of nitrogens with zero attached hydrogens (tertiary/aromatic N) is 1. The van der Waals surface area contributed by atoms with Gasteiger partial charge in [-0.15, -0.1) is 0 Å². The molecule has 8 heteroatoms. The lowest BCUT2D eigenvalue weighted by molar-refractivity contribution is -0.139. The van der Waals surface area contributed by atoms with Crippen molar-refractivity contribution in [3.63, 3.8) is 0 Å². The Bertz CT molecular complexity index is 911. The van der Waals surface area contributed by atoms with Crippen molar-refractivity contribution in [3.8, 4) is 5.75 Å². The largest absolute Gasteiger partial charge is 0.481 e. The molecule has 0 radical (unpaired) electrons. The van der Waals surface area contributed by atoms with Crippen molar-refractivity contribution >= 4 is 45.5 Å². The van der Waals surface area contributed by atoms with Gasteiger partial charge in [0, 0.05) is 10.0 Å². The second-order valence-corrected chi connectivity index (χ2v) is 6.26. The summed E-state index contributed by atoms with van der Waals surface area (Å²) in [5.74, 6) is -1.94. The Morgan fingerprint density at radius 1 is 1.19 bits per heavy atom. The first-order chi connectivity index (χ1) is 12.5. The van der Waals surface area contributed by atoms with Crippen LogP contribution >= 0.6 is 15.9 Å². The van der Waals surface area contributed by atoms with E-state index < -0.39 is 24.4 Å². The van der Waals surface area contributed by atoms with Crippen molar-refractivity contribution in [3.05, 3.63) is 64.1 Å². The minimum absolute atomic E-state index is 0.0767. The summed E-state index contributed by atoms with van der Waals surface area (Å²) >= 11 is 3.31. The van der Waals surface area contributed by atoms with Crippen molar-refractivity contribution < 1.29 is 24.2 Å². The topological polar surface area (TPSA) is 95.9 Å². The van der Waals surface area contributed by atoms with Gasteiger partial charge in [0.15, 0.2) is 6.61 Å². The van der Waals surface area contributed by atoms with Crippen LogP contribution in [0.5, 0.6) is 5.75 Å². The number of hydrogen-bond donors (Lipinski definition) is 2. The normalized spacial score (nSPS) is 15.3. The van der Waals surface area contributed by atoms with Crippen LogP contribution in [-0.4, -0.2) is 29.5 Å². The standard InChI is InChI=1S/C18H13BrN2O5/c19-12-6-7-15(26-10-16(22)23)11(8-12)9-14-17(24)20-21(18(14)25)13-4-2-1-3-5-13/h1-9H,10H2,(H,20,24)(H,22,23). The van der Waals surface area contributed by atoms with Gasteiger partial charge in [0.05, 0.1) is 5.69 Å². The summed E-state index contributed by atoms with van der Waals surface area (Å²) in [5, 5.41) is 9.93. The maximum atomic E-state index is 12.6. The summed E-state index contributed by atoms with van der Waals surface area (Å²) in [6, 6.07) is 13.6. The van der Waals surface area contributed by atoms with E-state index >= 15 is 0 Å². The Morgan fingerprint density at radius 3 is 2.62 bits per heavy atom. The number of ether oxygens (including phenoxy) is 1. The molecule has 0 bridgehead atoms. The lowest BCUT2D eigenvalue weighted by Crippen LogP contribution is -2.35. The third-order valence-electron chi connectivity index (χ3n) is 3.53. The molecule has 2 aromatic carbocycles. The lowest BCUT2D eigenvalue weighted by Gasteiger charge is -2.14. The predicted molar refractivity (Wildman–Crippen MR) is 97.3 cm³/mol. The molecule has 1 aliphatic rings. The molecule has 1 heterocycles. The van der Waals surface area contributed by atoms with Crippen LogP contribution in [0.4, 0.5) is 5.69 Å². The van der Waals surface area contributed by atoms with Crippen LogP contribution in [0.15, 0.2) is 58.6 Å². The molecule has 2 amide bonds. The van der Waals surface area contributed by atoms with E-state index in [1.54, 1.807) is 48.5 Å². The summed E-state index contributed by atoms with van der Waals surface area (Å²) in [7, 11) is 0. The van der Waals surface area contributed by atoms with E-state index in [-0.39, 0.29) is 11.3 Å². The van der Waals surface area contributed by atoms with Crippen molar-refractivity contribution in [2.45, 2.75) is 0 Å². The number of carbonyl (C=O) groups excluding carboxylic acids is 2. The average Bonchev–Trinajstić information content (AvgIpc) is 2.90. The number of amides is 2. The molecule has 0 unspecified atom stereocenters. The van der Waals surface area contributed by atoms with Crippen molar-refractivity contribution in [1.82, 2.24) is 5.43 Å². The van der Waals surface area contributed by atoms with Crippen LogP contribution in [-0.2, 0) is 14.4 Å². The minimum Gasteiger partial charge on any atom is -0.481 e. The number of benzene rings is 2. The van der Waals surface area contributed by atoms with Gasteiger partial charge in [-0.25, -0.2) is 9.80 Å². The minimum atomic E-state index is -1.13. The maximum Gasteiger partial charge on any atom is 0.341 e. The molecule has 0 spiro atoms. The molecule has 7 nitrogen and oxygen atoms in total. The van der Waals surface area contributed by atoms with Gasteiger partial charge in [-0.2, -0.15) is 0 Å². The van der Waals surface area contributed by atoms with Crippen LogP contribution in [0.25, 0.3) is 6.08 Å². The molecule has 0 aromatic heterocycles. The summed E-state index contributed by atoms with van der Waals surface area (Å²) in [4.78, 5) is 35.6. The number of halogens is 1. The zero-order valence-electron chi connectivity index (χ0n) is 13.3. The highest BCUT2D eigenvalue weighted by Gasteiger charge is 2.34. The average molecular weight is 417 g/mol. The highest BCUT2D eigenvalue weighted by Crippen LogP contribution is 2.28. The van der Waals surface area contributed by atoms with Crippen LogP contribution in [0.2, 0.25) is 0 Å². The van der Waals surface area contributed by atoms with Gasteiger partial charge >= 0.3 is 5.97 Å². The zero-order chi connectivity index (χ0) is 18.7. The number of rotatable bonds is 5. The van der Waals surface area contributed by atoms with E-state index in [9.17, 15) is 14.4 Å². The summed E-state index contributed by atoms with van der Waals surface area (Å²) < 4.78 is 5.92. The van der Waals surface area contributed by atoms with Crippen molar-refractivity contribution in [2.24, 2.45) is 0 Å². The number of carbonyl (C=O) groups is 3. The second kappa shape index (κ2) is 7.40. The third-order valence-corrected chi connectivity index (χ3v) is 4.02. The quantitative estimate of drug-likeness (QED) is 0.576. The Hall–Kier alpha value is -3.13. The van der Waals surface area contributed by atoms with E-state index in [4.69, 9.17) is 9.84 Å². The SMILES string of the molecule is O=C(O)COc1ccc(Br)cc1C=C1C(=O)NN(c2ccccc2)C1=O. The Balaban J connectivity index is 1.94. The predicted octanol–water partition coefficient (Wildman–Crippen LogP) is 2.37. The van der Waals surface area contributed by atoms with E-state index in [0.29, 0.717) is 15.7 Å². The first-order valence-corrected chi connectivity index (χ1v) is 8.31. The van der Waals surface area contributed by atoms with E-state index in [1.165, 1.54) is 6.08 Å². The van der Waals surface area contributed by atoms with Gasteiger partial charge in [-0.05, 0) is 36.4 Å². The number of nitrogens with one attached hydrogen (secondary N) is 1. The van der Waals surface area contributed by atoms with E-state index in [2.05, 4.69) is 21.4 Å². The molecular weight excluding hydrogens is 404 g/mol. The highest BCUT2D eigenvalue weighted by atomic mass is 79.9. The number of anilines is 1. The smallest absolute Gasteiger partial charge is 0.341 e. The first-order valence-electron chi connectivity index (χ1n) is 7.52. The van der Waals surface area contributed by atoms with Crippen LogP contribution in [0.1, 0.15) is 5.56 Å². The molecule has 1 aliphatic heterocycles. The van der Waals surface area contributed by atoms with Gasteiger partial charge in [-0.3, -0.25) is 15.0 Å². The Kier molecular flexibility index (Phi) is 5.04. The van der Waals surface area contributed by atoms with Crippen LogP contribution < -0.4 is 15.2 Å². The van der Waals surface area contributed by atoms with E-state index in [1.807, 2.05) is 0 Å². The van der Waals surface area contributed by atoms with Crippen LogP contribution in [0.3, 0.4) is 0 Å². The van der Waals surface area contributed by atoms with Crippen molar-refractivity contribution in [2.75, 3.05) is 11.6 Å². The number of carboxylic acid groups (broad SMARTS) is 1. The van der Waals surface area contributed by atoms with Crippen LogP contribution in [0, 0.1) is 0 Å². The van der Waals surface area contributed by atoms with Gasteiger partial charge in [0.25, 0.3) is 11.8 Å². The Morgan fingerprint density at radius 2 is 1.92 bits per heavy atom. The summed E-state index contributed by atoms with van der Waals surface area (Å²) in [6.45, 7) is -0.534. The van der Waals surface area contributed by atoms with Gasteiger partial charge in [0.1, 0.15) is 11.3 Å². The highest BCUT2D eigenvalue weighted by molar-refractivity contribution is 9.10. The summed E-state index contributed by atoms with van der Waals surface area (Å²) in [5.41, 5.74) is 3.37. The second-order valence-electron chi connectivity index (χ2n) is 5.34. The molecular formula is C18H13BrN2O5. The van der Waals surface area contributed by atoms with E-state index in [0.717, 1.165) is 5.01 Å². The van der Waals surface area contributed by atoms with Gasteiger partial charge in [0.2, 0.25) is 0 Å². The zero-order valence-corrected chi connectivity index (χ0v) is 14.9. The molecule has 132 valence electrons. The number of hydrogen-bond acceptors (Lipinski definition) is 4. The van der Waals surface area contributed by atoms with Gasteiger partial charge < -0.3 is 9.84 Å². The van der Waals surface area contributed by atoms with Crippen molar-refractivity contribution in [1.29, 1.82) is 0 Å². The monoisotopic (exact) mass is 416 g/mol. The third kappa shape index (κ3) is 3.75. The molecule has 0 aliphatic carbocycles. The number of carboxylic acids is 1. The number of aliphatic carboxylic acids is 1. The molecule has 2 aromatic rings.